The number of carbonyl (C=O) groups is 1. The summed E-state index contributed by atoms with van der Waals surface area (Å²) in [6.45, 7) is 0.253. The molecule has 2 aromatic carbocycles. The highest BCUT2D eigenvalue weighted by Gasteiger charge is 2.15. The molecule has 1 unspecified atom stereocenters. The minimum absolute atomic E-state index is 0.126. The predicted octanol–water partition coefficient (Wildman–Crippen LogP) is 3.37. The molecule has 0 bridgehead atoms. The molecule has 1 N–H and O–H groups in total. The zero-order valence-corrected chi connectivity index (χ0v) is 12.9. The Bertz CT molecular complexity index is 666. The van der Waals surface area contributed by atoms with Crippen LogP contribution >= 0.6 is 0 Å². The molecule has 2 aromatic rings. The Kier molecular flexibility index (Phi) is 4.93. The van der Waals surface area contributed by atoms with Crippen molar-refractivity contribution in [3.8, 4) is 11.5 Å². The lowest BCUT2D eigenvalue weighted by Crippen LogP contribution is -2.11. The van der Waals surface area contributed by atoms with E-state index in [1.807, 2.05) is 48.5 Å². The van der Waals surface area contributed by atoms with Gasteiger partial charge in [0, 0.05) is 12.0 Å². The van der Waals surface area contributed by atoms with Crippen molar-refractivity contribution in [1.82, 2.24) is 0 Å². The van der Waals surface area contributed by atoms with Crippen molar-refractivity contribution in [1.29, 1.82) is 0 Å². The Morgan fingerprint density at radius 3 is 2.70 bits per heavy atom. The number of hydrogen-bond donors (Lipinski definition) is 1. The number of ether oxygens (including phenoxy) is 2. The molecular weight excluding hydrogens is 292 g/mol. The van der Waals surface area contributed by atoms with Crippen LogP contribution < -0.4 is 9.47 Å². The smallest absolute Gasteiger partial charge is 0.231 e. The number of aliphatic hydroxyl groups is 1. The van der Waals surface area contributed by atoms with Crippen LogP contribution in [0.3, 0.4) is 0 Å². The van der Waals surface area contributed by atoms with Gasteiger partial charge in [0.05, 0.1) is 6.10 Å². The van der Waals surface area contributed by atoms with E-state index in [1.54, 1.807) is 0 Å². The number of fused-ring (bicyclic) bond motifs is 1. The summed E-state index contributed by atoms with van der Waals surface area (Å²) in [5, 5.41) is 10.2. The third-order valence-electron chi connectivity index (χ3n) is 3.95. The summed E-state index contributed by atoms with van der Waals surface area (Å²) >= 11 is 0. The monoisotopic (exact) mass is 312 g/mol. The highest BCUT2D eigenvalue weighted by molar-refractivity contribution is 5.95. The lowest BCUT2D eigenvalue weighted by molar-refractivity contribution is 0.0969. The normalized spacial score (nSPS) is 13.8. The van der Waals surface area contributed by atoms with Gasteiger partial charge in [0.15, 0.2) is 17.3 Å². The Labute approximate surface area is 135 Å². The predicted molar refractivity (Wildman–Crippen MR) is 86.9 cm³/mol. The maximum absolute atomic E-state index is 12.0. The second-order valence-corrected chi connectivity index (χ2v) is 5.73. The Hall–Kier alpha value is -2.33. The zero-order valence-electron chi connectivity index (χ0n) is 12.9. The van der Waals surface area contributed by atoms with E-state index in [9.17, 15) is 9.90 Å². The summed E-state index contributed by atoms with van der Waals surface area (Å²) in [7, 11) is 0. The van der Waals surface area contributed by atoms with Crippen LogP contribution in [0.2, 0.25) is 0 Å². The first-order chi connectivity index (χ1) is 11.2. The molecule has 4 nitrogen and oxygen atoms in total. The maximum Gasteiger partial charge on any atom is 0.231 e. The first kappa shape index (κ1) is 15.6. The highest BCUT2D eigenvalue weighted by Crippen LogP contribution is 2.32. The molecule has 23 heavy (non-hydrogen) atoms. The van der Waals surface area contributed by atoms with Crippen molar-refractivity contribution in [3.63, 3.8) is 0 Å². The summed E-state index contributed by atoms with van der Waals surface area (Å²) in [5.41, 5.74) is 1.74. The van der Waals surface area contributed by atoms with Crippen molar-refractivity contribution in [2.45, 2.75) is 31.8 Å². The van der Waals surface area contributed by atoms with Crippen LogP contribution in [-0.4, -0.2) is 23.8 Å². The van der Waals surface area contributed by atoms with Crippen LogP contribution in [0.4, 0.5) is 0 Å². The van der Waals surface area contributed by atoms with Crippen molar-refractivity contribution >= 4 is 5.78 Å². The SMILES string of the molecule is O=C(CCCC(O)Cc1ccc2c(c1)OCO2)c1ccccc1. The average molecular weight is 312 g/mol. The first-order valence-corrected chi connectivity index (χ1v) is 7.87. The maximum atomic E-state index is 12.0. The van der Waals surface area contributed by atoms with E-state index in [1.165, 1.54) is 0 Å². The lowest BCUT2D eigenvalue weighted by atomic mass is 10.0. The topological polar surface area (TPSA) is 55.8 Å². The molecule has 0 fully saturated rings. The van der Waals surface area contributed by atoms with E-state index < -0.39 is 6.10 Å². The minimum Gasteiger partial charge on any atom is -0.454 e. The molecule has 1 aliphatic rings. The second kappa shape index (κ2) is 7.29. The average Bonchev–Trinajstić information content (AvgIpc) is 3.03. The van der Waals surface area contributed by atoms with Gasteiger partial charge in [0.1, 0.15) is 0 Å². The number of benzene rings is 2. The molecule has 0 spiro atoms. The van der Waals surface area contributed by atoms with Crippen LogP contribution in [0.25, 0.3) is 0 Å². The van der Waals surface area contributed by atoms with Crippen LogP contribution in [0.15, 0.2) is 48.5 Å². The van der Waals surface area contributed by atoms with E-state index in [0.717, 1.165) is 22.6 Å². The van der Waals surface area contributed by atoms with Gasteiger partial charge < -0.3 is 14.6 Å². The van der Waals surface area contributed by atoms with Crippen LogP contribution in [0.1, 0.15) is 35.2 Å². The molecule has 1 aliphatic heterocycles. The number of carbonyl (C=O) groups excluding carboxylic acids is 1. The zero-order chi connectivity index (χ0) is 16.1. The van der Waals surface area contributed by atoms with Crippen LogP contribution in [0.5, 0.6) is 11.5 Å². The fourth-order valence-corrected chi connectivity index (χ4v) is 2.71. The molecule has 0 amide bonds. The number of aliphatic hydroxyl groups excluding tert-OH is 1. The molecule has 0 radical (unpaired) electrons. The largest absolute Gasteiger partial charge is 0.454 e. The van der Waals surface area contributed by atoms with E-state index in [-0.39, 0.29) is 12.6 Å². The van der Waals surface area contributed by atoms with Gasteiger partial charge in [-0.15, -0.1) is 0 Å². The van der Waals surface area contributed by atoms with Gasteiger partial charge in [0.2, 0.25) is 6.79 Å². The summed E-state index contributed by atoms with van der Waals surface area (Å²) < 4.78 is 10.6. The fraction of sp³-hybridized carbons (Fsp3) is 0.316. The summed E-state index contributed by atoms with van der Waals surface area (Å²) in [6, 6.07) is 15.0. The third kappa shape index (κ3) is 4.11. The minimum atomic E-state index is -0.459. The van der Waals surface area contributed by atoms with E-state index in [4.69, 9.17) is 9.47 Å². The molecule has 0 aliphatic carbocycles. The number of ketones is 1. The van der Waals surface area contributed by atoms with E-state index in [2.05, 4.69) is 0 Å². The quantitative estimate of drug-likeness (QED) is 0.796. The highest BCUT2D eigenvalue weighted by atomic mass is 16.7. The van der Waals surface area contributed by atoms with E-state index in [0.29, 0.717) is 25.7 Å². The molecule has 0 saturated carbocycles. The van der Waals surface area contributed by atoms with Crippen LogP contribution in [0, 0.1) is 0 Å². The van der Waals surface area contributed by atoms with Crippen molar-refractivity contribution in [2.75, 3.05) is 6.79 Å². The molecule has 1 heterocycles. The molecule has 0 aromatic heterocycles. The fourth-order valence-electron chi connectivity index (χ4n) is 2.71. The van der Waals surface area contributed by atoms with Gasteiger partial charge in [-0.2, -0.15) is 0 Å². The standard InChI is InChI=1S/C19H20O4/c20-16(7-4-8-17(21)15-5-2-1-3-6-15)11-14-9-10-18-19(12-14)23-13-22-18/h1-3,5-6,9-10,12,16,20H,4,7-8,11,13H2. The van der Waals surface area contributed by atoms with Crippen molar-refractivity contribution in [2.24, 2.45) is 0 Å². The Balaban J connectivity index is 1.45. The number of rotatable bonds is 7. The molecule has 0 saturated heterocycles. The Morgan fingerprint density at radius 2 is 1.87 bits per heavy atom. The van der Waals surface area contributed by atoms with Gasteiger partial charge in [-0.1, -0.05) is 36.4 Å². The second-order valence-electron chi connectivity index (χ2n) is 5.73. The third-order valence-corrected chi connectivity index (χ3v) is 3.95. The first-order valence-electron chi connectivity index (χ1n) is 7.87. The van der Waals surface area contributed by atoms with Gasteiger partial charge in [-0.3, -0.25) is 4.79 Å². The number of hydrogen-bond acceptors (Lipinski definition) is 4. The lowest BCUT2D eigenvalue weighted by Gasteiger charge is -2.11. The molecule has 120 valence electrons. The van der Waals surface area contributed by atoms with Gasteiger partial charge in [-0.25, -0.2) is 0 Å². The molecule has 4 heteroatoms. The molecule has 3 rings (SSSR count). The number of Topliss-reactive ketones (excluding diaryl/α,β-unsaturated/α-hetero) is 1. The molecular formula is C19H20O4. The van der Waals surface area contributed by atoms with Crippen LogP contribution in [-0.2, 0) is 6.42 Å². The van der Waals surface area contributed by atoms with E-state index >= 15 is 0 Å². The molecule has 1 atom stereocenters. The van der Waals surface area contributed by atoms with Gasteiger partial charge >= 0.3 is 0 Å². The Morgan fingerprint density at radius 1 is 1.09 bits per heavy atom. The van der Waals surface area contributed by atoms with Crippen molar-refractivity contribution < 1.29 is 19.4 Å². The van der Waals surface area contributed by atoms with Gasteiger partial charge in [0.25, 0.3) is 0 Å². The summed E-state index contributed by atoms with van der Waals surface area (Å²) in [4.78, 5) is 12.0. The van der Waals surface area contributed by atoms with Crippen molar-refractivity contribution in [3.05, 3.63) is 59.7 Å². The summed E-state index contributed by atoms with van der Waals surface area (Å²) in [5.74, 6) is 1.60. The summed E-state index contributed by atoms with van der Waals surface area (Å²) in [6.07, 6.45) is 1.84. The van der Waals surface area contributed by atoms with Gasteiger partial charge in [-0.05, 0) is 37.0 Å².